The van der Waals surface area contributed by atoms with Gasteiger partial charge in [0.1, 0.15) is 0 Å². The van der Waals surface area contributed by atoms with Gasteiger partial charge in [-0.25, -0.2) is 0 Å². The minimum Gasteiger partial charge on any atom is -0.384 e. The molecule has 1 aliphatic heterocycles. The molecule has 1 unspecified atom stereocenters. The minimum absolute atomic E-state index is 0.392. The van der Waals surface area contributed by atoms with Crippen molar-refractivity contribution in [1.82, 2.24) is 10.3 Å². The lowest BCUT2D eigenvalue weighted by molar-refractivity contribution is 0.763. The van der Waals surface area contributed by atoms with Crippen molar-refractivity contribution in [3.63, 3.8) is 0 Å². The maximum atomic E-state index is 4.74. The quantitative estimate of drug-likeness (QED) is 0.886. The molecule has 0 radical (unpaired) electrons. The first kappa shape index (κ1) is 12.7. The summed E-state index contributed by atoms with van der Waals surface area (Å²) in [5, 5.41) is 3.31. The number of hydrogen-bond acceptors (Lipinski definition) is 2. The minimum atomic E-state index is 0.392. The van der Waals surface area contributed by atoms with Crippen molar-refractivity contribution in [1.29, 1.82) is 0 Å². The van der Waals surface area contributed by atoms with Crippen molar-refractivity contribution in [2.75, 3.05) is 0 Å². The van der Waals surface area contributed by atoms with E-state index in [2.05, 4.69) is 67.7 Å². The van der Waals surface area contributed by atoms with Crippen LogP contribution in [0.1, 0.15) is 18.3 Å². The maximum Gasteiger partial charge on any atom is 0.0720 e. The molecular formula is C18H18N2. The van der Waals surface area contributed by atoms with Crippen LogP contribution in [0.15, 0.2) is 60.8 Å². The van der Waals surface area contributed by atoms with Gasteiger partial charge in [0.2, 0.25) is 0 Å². The van der Waals surface area contributed by atoms with Gasteiger partial charge in [-0.2, -0.15) is 0 Å². The maximum absolute atomic E-state index is 4.74. The molecule has 0 saturated carbocycles. The van der Waals surface area contributed by atoms with Crippen molar-refractivity contribution < 1.29 is 0 Å². The van der Waals surface area contributed by atoms with Gasteiger partial charge in [0, 0.05) is 29.1 Å². The Morgan fingerprint density at radius 3 is 2.50 bits per heavy atom. The van der Waals surface area contributed by atoms with Gasteiger partial charge in [0.05, 0.1) is 5.69 Å². The molecule has 0 amide bonds. The summed E-state index contributed by atoms with van der Waals surface area (Å²) in [5.74, 6) is 0. The van der Waals surface area contributed by atoms with E-state index in [0.29, 0.717) is 6.04 Å². The van der Waals surface area contributed by atoms with E-state index < -0.39 is 0 Å². The van der Waals surface area contributed by atoms with Gasteiger partial charge in [-0.3, -0.25) is 4.98 Å². The fourth-order valence-electron chi connectivity index (χ4n) is 2.38. The molecule has 1 atom stereocenters. The summed E-state index contributed by atoms with van der Waals surface area (Å²) >= 11 is 0. The number of aromatic nitrogens is 1. The van der Waals surface area contributed by atoms with Gasteiger partial charge >= 0.3 is 0 Å². The van der Waals surface area contributed by atoms with E-state index in [9.17, 15) is 0 Å². The highest BCUT2D eigenvalue weighted by atomic mass is 14.9. The molecule has 20 heavy (non-hydrogen) atoms. The van der Waals surface area contributed by atoms with E-state index in [1.807, 2.05) is 12.3 Å². The second-order valence-electron chi connectivity index (χ2n) is 5.11. The Balaban J connectivity index is 1.95. The van der Waals surface area contributed by atoms with Crippen LogP contribution in [0, 0.1) is 6.92 Å². The third kappa shape index (κ3) is 2.50. The average molecular weight is 262 g/mol. The number of dihydropyridines is 1. The number of allylic oxidation sites excluding steroid dienone is 2. The first-order valence-corrected chi connectivity index (χ1v) is 6.92. The largest absolute Gasteiger partial charge is 0.384 e. The fraction of sp³-hybridized carbons (Fsp3) is 0.167. The van der Waals surface area contributed by atoms with Gasteiger partial charge in [0.15, 0.2) is 0 Å². The highest BCUT2D eigenvalue weighted by Crippen LogP contribution is 2.25. The van der Waals surface area contributed by atoms with E-state index in [1.165, 1.54) is 11.1 Å². The predicted octanol–water partition coefficient (Wildman–Crippen LogP) is 3.95. The highest BCUT2D eigenvalue weighted by Gasteiger charge is 2.09. The van der Waals surface area contributed by atoms with Crippen LogP contribution in [0.5, 0.6) is 0 Å². The van der Waals surface area contributed by atoms with Crippen molar-refractivity contribution >= 4 is 5.57 Å². The van der Waals surface area contributed by atoms with E-state index in [4.69, 9.17) is 4.98 Å². The molecule has 0 saturated heterocycles. The SMILES string of the molecule is Cc1nc(C2=CNC(C)C=C2)ccc1-c1ccccc1. The molecule has 2 heteroatoms. The van der Waals surface area contributed by atoms with Crippen LogP contribution in [0.2, 0.25) is 0 Å². The van der Waals surface area contributed by atoms with Crippen LogP contribution >= 0.6 is 0 Å². The Labute approximate surface area is 119 Å². The van der Waals surface area contributed by atoms with Crippen LogP contribution in [-0.2, 0) is 0 Å². The van der Waals surface area contributed by atoms with E-state index in [0.717, 1.165) is 17.0 Å². The van der Waals surface area contributed by atoms with Gasteiger partial charge in [-0.1, -0.05) is 48.6 Å². The predicted molar refractivity (Wildman–Crippen MR) is 84.1 cm³/mol. The lowest BCUT2D eigenvalue weighted by Crippen LogP contribution is -2.20. The van der Waals surface area contributed by atoms with Crippen molar-refractivity contribution in [3.8, 4) is 11.1 Å². The van der Waals surface area contributed by atoms with Crippen LogP contribution in [-0.4, -0.2) is 11.0 Å². The summed E-state index contributed by atoms with van der Waals surface area (Å²) in [6.45, 7) is 4.19. The number of hydrogen-bond donors (Lipinski definition) is 1. The van der Waals surface area contributed by atoms with Crippen LogP contribution in [0.3, 0.4) is 0 Å². The summed E-state index contributed by atoms with van der Waals surface area (Å²) in [7, 11) is 0. The number of rotatable bonds is 2. The Bertz CT molecular complexity index is 669. The molecule has 0 spiro atoms. The molecule has 1 N–H and O–H groups in total. The smallest absolute Gasteiger partial charge is 0.0720 e. The molecule has 1 aromatic heterocycles. The number of aryl methyl sites for hydroxylation is 1. The molecule has 0 aliphatic carbocycles. The molecule has 1 aromatic carbocycles. The lowest BCUT2D eigenvalue weighted by Gasteiger charge is -2.15. The van der Waals surface area contributed by atoms with Crippen LogP contribution in [0.4, 0.5) is 0 Å². The zero-order valence-corrected chi connectivity index (χ0v) is 11.8. The monoisotopic (exact) mass is 262 g/mol. The average Bonchev–Trinajstić information content (AvgIpc) is 2.49. The Morgan fingerprint density at radius 2 is 1.85 bits per heavy atom. The number of nitrogens with one attached hydrogen (secondary N) is 1. The number of benzene rings is 1. The van der Waals surface area contributed by atoms with Crippen LogP contribution in [0.25, 0.3) is 16.7 Å². The Kier molecular flexibility index (Phi) is 3.38. The van der Waals surface area contributed by atoms with Crippen molar-refractivity contribution in [2.24, 2.45) is 0 Å². The van der Waals surface area contributed by atoms with Gasteiger partial charge in [0.25, 0.3) is 0 Å². The van der Waals surface area contributed by atoms with Gasteiger partial charge in [-0.05, 0) is 25.5 Å². The standard InChI is InChI=1S/C18H18N2/c1-13-8-9-16(12-19-13)18-11-10-17(14(2)20-18)15-6-4-3-5-7-15/h3-13,19H,1-2H3. The molecule has 0 bridgehead atoms. The summed E-state index contributed by atoms with van der Waals surface area (Å²) in [5.41, 5.74) is 5.60. The topological polar surface area (TPSA) is 24.9 Å². The zero-order chi connectivity index (χ0) is 13.9. The zero-order valence-electron chi connectivity index (χ0n) is 11.8. The normalized spacial score (nSPS) is 17.5. The fourth-order valence-corrected chi connectivity index (χ4v) is 2.38. The molecule has 0 fully saturated rings. The molecular weight excluding hydrogens is 244 g/mol. The number of nitrogens with zero attached hydrogens (tertiary/aromatic N) is 1. The summed E-state index contributed by atoms with van der Waals surface area (Å²) in [6.07, 6.45) is 6.32. The summed E-state index contributed by atoms with van der Waals surface area (Å²) < 4.78 is 0. The van der Waals surface area contributed by atoms with Gasteiger partial charge < -0.3 is 5.32 Å². The molecule has 1 aliphatic rings. The third-order valence-electron chi connectivity index (χ3n) is 3.53. The van der Waals surface area contributed by atoms with Crippen molar-refractivity contribution in [2.45, 2.75) is 19.9 Å². The van der Waals surface area contributed by atoms with Crippen LogP contribution < -0.4 is 5.32 Å². The van der Waals surface area contributed by atoms with Gasteiger partial charge in [-0.15, -0.1) is 0 Å². The summed E-state index contributed by atoms with van der Waals surface area (Å²) in [6, 6.07) is 15.0. The lowest BCUT2D eigenvalue weighted by atomic mass is 10.0. The molecule has 2 aromatic rings. The number of pyridine rings is 1. The summed E-state index contributed by atoms with van der Waals surface area (Å²) in [4.78, 5) is 4.74. The molecule has 2 nitrogen and oxygen atoms in total. The Morgan fingerprint density at radius 1 is 1.05 bits per heavy atom. The molecule has 100 valence electrons. The molecule has 2 heterocycles. The van der Waals surface area contributed by atoms with E-state index >= 15 is 0 Å². The second kappa shape index (κ2) is 5.33. The second-order valence-corrected chi connectivity index (χ2v) is 5.11. The van der Waals surface area contributed by atoms with E-state index in [-0.39, 0.29) is 0 Å². The van der Waals surface area contributed by atoms with Crippen molar-refractivity contribution in [3.05, 3.63) is 72.2 Å². The highest BCUT2D eigenvalue weighted by molar-refractivity contribution is 5.75. The first-order chi connectivity index (χ1) is 9.74. The third-order valence-corrected chi connectivity index (χ3v) is 3.53. The molecule has 3 rings (SSSR count). The first-order valence-electron chi connectivity index (χ1n) is 6.92. The van der Waals surface area contributed by atoms with E-state index in [1.54, 1.807) is 0 Å². The Hall–Kier alpha value is -2.35.